The van der Waals surface area contributed by atoms with Crippen LogP contribution < -0.4 is 4.74 Å². The van der Waals surface area contributed by atoms with Crippen molar-refractivity contribution in [1.29, 1.82) is 0 Å². The minimum atomic E-state index is -3.03. The molecule has 0 aliphatic heterocycles. The number of allylic oxidation sites excluding steroid dienone is 1. The third kappa shape index (κ3) is 2.75. The first-order chi connectivity index (χ1) is 7.06. The van der Waals surface area contributed by atoms with Crippen molar-refractivity contribution in [2.75, 3.05) is 0 Å². The molecule has 0 saturated carbocycles. The minimum Gasteiger partial charge on any atom is -0.432 e. The Morgan fingerprint density at radius 1 is 1.47 bits per heavy atom. The van der Waals surface area contributed by atoms with E-state index in [9.17, 15) is 13.2 Å². The van der Waals surface area contributed by atoms with E-state index in [4.69, 9.17) is 0 Å². The summed E-state index contributed by atoms with van der Waals surface area (Å²) in [5, 5.41) is 0. The van der Waals surface area contributed by atoms with E-state index >= 15 is 0 Å². The minimum absolute atomic E-state index is 0.211. The van der Waals surface area contributed by atoms with Gasteiger partial charge in [-0.05, 0) is 6.07 Å². The third-order valence-corrected chi connectivity index (χ3v) is 1.91. The summed E-state index contributed by atoms with van der Waals surface area (Å²) in [5.41, 5.74) is 0.211. The zero-order valence-electron chi connectivity index (χ0n) is 8.14. The van der Waals surface area contributed by atoms with Gasteiger partial charge in [-0.2, -0.15) is 8.78 Å². The lowest BCUT2D eigenvalue weighted by atomic mass is 10.0. The van der Waals surface area contributed by atoms with E-state index in [1.165, 1.54) is 18.2 Å². The monoisotopic (exact) mass is 215 g/mol. The predicted octanol–water partition coefficient (Wildman–Crippen LogP) is 3.56. The Labute approximate surface area is 86.2 Å². The van der Waals surface area contributed by atoms with Crippen LogP contribution in [-0.4, -0.2) is 6.61 Å². The molecule has 0 aliphatic rings. The number of ether oxygens (including phenoxy) is 1. The van der Waals surface area contributed by atoms with E-state index in [2.05, 4.69) is 11.3 Å². The van der Waals surface area contributed by atoms with Crippen molar-refractivity contribution in [3.05, 3.63) is 48.2 Å². The molecule has 0 bridgehead atoms. The smallest absolute Gasteiger partial charge is 0.387 e. The Balaban J connectivity index is 3.05. The fourth-order valence-electron chi connectivity index (χ4n) is 1.11. The summed E-state index contributed by atoms with van der Waals surface area (Å²) in [5.74, 6) is -0.689. The topological polar surface area (TPSA) is 9.23 Å². The lowest BCUT2D eigenvalue weighted by Gasteiger charge is -2.11. The van der Waals surface area contributed by atoms with Gasteiger partial charge in [0.05, 0.1) is 0 Å². The highest BCUT2D eigenvalue weighted by Gasteiger charge is 2.15. The van der Waals surface area contributed by atoms with Gasteiger partial charge in [0.15, 0.2) is 11.6 Å². The third-order valence-electron chi connectivity index (χ3n) is 1.91. The Morgan fingerprint density at radius 3 is 2.67 bits per heavy atom. The van der Waals surface area contributed by atoms with E-state index in [-0.39, 0.29) is 5.56 Å². The van der Waals surface area contributed by atoms with Gasteiger partial charge in [-0.1, -0.05) is 25.1 Å². The van der Waals surface area contributed by atoms with Crippen molar-refractivity contribution in [1.82, 2.24) is 0 Å². The lowest BCUT2D eigenvalue weighted by Crippen LogP contribution is -2.05. The number of alkyl halides is 2. The predicted molar refractivity (Wildman–Crippen MR) is 51.2 cm³/mol. The van der Waals surface area contributed by atoms with Crippen LogP contribution in [0.25, 0.3) is 0 Å². The molecule has 1 aromatic carbocycles. The van der Waals surface area contributed by atoms with Crippen LogP contribution in [0.15, 0.2) is 30.9 Å². The maximum Gasteiger partial charge on any atom is 0.387 e. The molecule has 4 heteroatoms. The van der Waals surface area contributed by atoms with Gasteiger partial charge in [0, 0.05) is 11.5 Å². The summed E-state index contributed by atoms with van der Waals surface area (Å²) < 4.78 is 41.4. The average molecular weight is 215 g/mol. The number of rotatable bonds is 4. The Morgan fingerprint density at radius 2 is 2.13 bits per heavy atom. The quantitative estimate of drug-likeness (QED) is 0.746. The number of halogens is 3. The molecule has 15 heavy (non-hydrogen) atoms. The van der Waals surface area contributed by atoms with Crippen molar-refractivity contribution in [3.63, 3.8) is 0 Å². The van der Waals surface area contributed by atoms with E-state index in [1.54, 1.807) is 6.92 Å². The second-order valence-corrected chi connectivity index (χ2v) is 2.88. The van der Waals surface area contributed by atoms with Gasteiger partial charge in [0.1, 0.15) is 0 Å². The van der Waals surface area contributed by atoms with Crippen LogP contribution >= 0.6 is 0 Å². The van der Waals surface area contributed by atoms with Crippen LogP contribution in [0, 0.1) is 11.7 Å². The van der Waals surface area contributed by atoms with Gasteiger partial charge >= 0.3 is 6.61 Å². The van der Waals surface area contributed by atoms with E-state index in [1.807, 2.05) is 0 Å². The zero-order chi connectivity index (χ0) is 11.4. The maximum absolute atomic E-state index is 13.5. The fraction of sp³-hybridized carbons (Fsp3) is 0.182. The highest BCUT2D eigenvalue weighted by molar-refractivity contribution is 5.42. The molecule has 0 heterocycles. The Hall–Kier alpha value is -1.45. The fourth-order valence-corrected chi connectivity index (χ4v) is 1.11. The average Bonchev–Trinajstić information content (AvgIpc) is 2.19. The van der Waals surface area contributed by atoms with Crippen molar-refractivity contribution < 1.29 is 17.9 Å². The molecule has 0 saturated heterocycles. The van der Waals surface area contributed by atoms with E-state index in [0.29, 0.717) is 5.92 Å². The molecule has 1 radical (unpaired) electrons. The summed E-state index contributed by atoms with van der Waals surface area (Å²) in [4.78, 5) is 0. The van der Waals surface area contributed by atoms with Gasteiger partial charge < -0.3 is 4.74 Å². The van der Waals surface area contributed by atoms with Gasteiger partial charge in [-0.25, -0.2) is 4.39 Å². The first kappa shape index (κ1) is 11.6. The normalized spacial score (nSPS) is 10.8. The number of benzene rings is 1. The highest BCUT2D eigenvalue weighted by atomic mass is 19.3. The second kappa shape index (κ2) is 4.87. The van der Waals surface area contributed by atoms with Gasteiger partial charge in [-0.3, -0.25) is 0 Å². The molecule has 0 fully saturated rings. The van der Waals surface area contributed by atoms with Crippen LogP contribution in [0.4, 0.5) is 13.2 Å². The molecular formula is C11H10F3O. The molecule has 81 valence electrons. The molecule has 0 amide bonds. The highest BCUT2D eigenvalue weighted by Crippen LogP contribution is 2.27. The molecule has 0 unspecified atom stereocenters. The summed E-state index contributed by atoms with van der Waals surface area (Å²) in [6, 6.07) is 4.08. The lowest BCUT2D eigenvalue weighted by molar-refractivity contribution is -0.0522. The standard InChI is InChI=1S/C11H10F3O/c1-3-7(2)8-5-4-6-9(10(8)12)15-11(13)14/h3-6,11H,1H2,2H3. The summed E-state index contributed by atoms with van der Waals surface area (Å²) >= 11 is 0. The second-order valence-electron chi connectivity index (χ2n) is 2.88. The molecule has 1 aromatic rings. The molecule has 0 atom stereocenters. The molecule has 0 aliphatic carbocycles. The molecule has 1 nitrogen and oxygen atoms in total. The van der Waals surface area contributed by atoms with E-state index < -0.39 is 18.2 Å². The van der Waals surface area contributed by atoms with Crippen molar-refractivity contribution >= 4 is 0 Å². The summed E-state index contributed by atoms with van der Waals surface area (Å²) in [7, 11) is 0. The largest absolute Gasteiger partial charge is 0.432 e. The van der Waals surface area contributed by atoms with E-state index in [0.717, 1.165) is 6.07 Å². The van der Waals surface area contributed by atoms with Crippen LogP contribution in [0.1, 0.15) is 12.5 Å². The Bertz CT molecular complexity index is 350. The summed E-state index contributed by atoms with van der Waals surface area (Å²) in [6.45, 7) is 2.08. The van der Waals surface area contributed by atoms with Crippen LogP contribution in [-0.2, 0) is 0 Å². The van der Waals surface area contributed by atoms with Gasteiger partial charge in [0.2, 0.25) is 0 Å². The first-order valence-corrected chi connectivity index (χ1v) is 4.26. The zero-order valence-corrected chi connectivity index (χ0v) is 8.14. The van der Waals surface area contributed by atoms with Crippen molar-refractivity contribution in [2.45, 2.75) is 13.5 Å². The molecule has 1 rings (SSSR count). The Kier molecular flexibility index (Phi) is 3.77. The molecule has 0 aromatic heterocycles. The molecular weight excluding hydrogens is 205 g/mol. The number of hydrogen-bond acceptors (Lipinski definition) is 1. The van der Waals surface area contributed by atoms with Gasteiger partial charge in [-0.15, -0.1) is 6.58 Å². The SMILES string of the molecule is C=C[C](C)c1cccc(OC(F)F)c1F. The van der Waals surface area contributed by atoms with Crippen LogP contribution in [0.2, 0.25) is 0 Å². The van der Waals surface area contributed by atoms with Crippen molar-refractivity contribution in [2.24, 2.45) is 0 Å². The van der Waals surface area contributed by atoms with Gasteiger partial charge in [0.25, 0.3) is 0 Å². The maximum atomic E-state index is 13.5. The summed E-state index contributed by atoms with van der Waals surface area (Å²) in [6.07, 6.45) is 1.45. The first-order valence-electron chi connectivity index (χ1n) is 4.26. The molecule has 0 spiro atoms. The van der Waals surface area contributed by atoms with Crippen molar-refractivity contribution in [3.8, 4) is 5.75 Å². The molecule has 0 N–H and O–H groups in total. The number of hydrogen-bond donors (Lipinski definition) is 0. The van der Waals surface area contributed by atoms with Crippen LogP contribution in [0.3, 0.4) is 0 Å². The van der Waals surface area contributed by atoms with Crippen LogP contribution in [0.5, 0.6) is 5.75 Å².